The van der Waals surface area contributed by atoms with E-state index in [-0.39, 0.29) is 17.0 Å². The minimum atomic E-state index is -3.57. The van der Waals surface area contributed by atoms with E-state index in [0.717, 1.165) is 5.56 Å². The van der Waals surface area contributed by atoms with Gasteiger partial charge in [-0.2, -0.15) is 0 Å². The molecular weight excluding hydrogens is 326 g/mol. The third kappa shape index (κ3) is 4.30. The Hall–Kier alpha value is -1.89. The smallest absolute Gasteiger partial charge is 0.335 e. The number of sulfonamides is 1. The van der Waals surface area contributed by atoms with Crippen LogP contribution in [0.15, 0.2) is 53.4 Å². The number of rotatable bonds is 6. The topological polar surface area (TPSA) is 83.5 Å². The van der Waals surface area contributed by atoms with Crippen molar-refractivity contribution in [1.82, 2.24) is 4.72 Å². The first-order valence-electron chi connectivity index (χ1n) is 6.46. The van der Waals surface area contributed by atoms with Crippen LogP contribution >= 0.6 is 11.6 Å². The van der Waals surface area contributed by atoms with Crippen molar-refractivity contribution in [2.45, 2.75) is 11.3 Å². The normalized spacial score (nSPS) is 11.3. The van der Waals surface area contributed by atoms with Crippen molar-refractivity contribution in [3.8, 4) is 0 Å². The van der Waals surface area contributed by atoms with Crippen molar-refractivity contribution >= 4 is 27.6 Å². The van der Waals surface area contributed by atoms with E-state index in [9.17, 15) is 13.2 Å². The number of carbonyl (C=O) groups is 1. The van der Waals surface area contributed by atoms with Gasteiger partial charge < -0.3 is 5.11 Å². The zero-order valence-corrected chi connectivity index (χ0v) is 13.1. The lowest BCUT2D eigenvalue weighted by atomic mass is 10.1. The Morgan fingerprint density at radius 3 is 2.18 bits per heavy atom. The van der Waals surface area contributed by atoms with E-state index in [0.29, 0.717) is 11.4 Å². The zero-order valence-electron chi connectivity index (χ0n) is 11.5. The Balaban J connectivity index is 1.95. The molecule has 0 aliphatic rings. The van der Waals surface area contributed by atoms with Gasteiger partial charge >= 0.3 is 5.97 Å². The van der Waals surface area contributed by atoms with Gasteiger partial charge in [0, 0.05) is 11.6 Å². The predicted octanol–water partition coefficient (Wildman–Crippen LogP) is 2.56. The molecule has 0 unspecified atom stereocenters. The van der Waals surface area contributed by atoms with Gasteiger partial charge in [-0.25, -0.2) is 17.9 Å². The van der Waals surface area contributed by atoms with Crippen molar-refractivity contribution in [2.24, 2.45) is 0 Å². The molecule has 2 N–H and O–H groups in total. The largest absolute Gasteiger partial charge is 0.478 e. The molecular formula is C15H14ClNO4S. The molecule has 7 heteroatoms. The predicted molar refractivity (Wildman–Crippen MR) is 83.7 cm³/mol. The summed E-state index contributed by atoms with van der Waals surface area (Å²) in [5, 5.41) is 9.27. The summed E-state index contributed by atoms with van der Waals surface area (Å²) < 4.78 is 26.6. The van der Waals surface area contributed by atoms with Gasteiger partial charge in [-0.05, 0) is 48.4 Å². The molecule has 0 heterocycles. The first-order chi connectivity index (χ1) is 10.4. The lowest BCUT2D eigenvalue weighted by molar-refractivity contribution is 0.0697. The molecule has 116 valence electrons. The lowest BCUT2D eigenvalue weighted by Gasteiger charge is -2.07. The van der Waals surface area contributed by atoms with E-state index in [1.807, 2.05) is 0 Å². The number of halogens is 1. The maximum absolute atomic E-state index is 12.0. The molecule has 0 radical (unpaired) electrons. The van der Waals surface area contributed by atoms with Crippen molar-refractivity contribution in [2.75, 3.05) is 6.54 Å². The Morgan fingerprint density at radius 2 is 1.64 bits per heavy atom. The monoisotopic (exact) mass is 339 g/mol. The fourth-order valence-corrected chi connectivity index (χ4v) is 3.00. The molecule has 0 aromatic heterocycles. The SMILES string of the molecule is O=C(O)c1ccc(CCNS(=O)(=O)c2ccc(Cl)cc2)cc1. The second-order valence-electron chi connectivity index (χ2n) is 4.60. The Morgan fingerprint density at radius 1 is 1.05 bits per heavy atom. The maximum Gasteiger partial charge on any atom is 0.335 e. The molecule has 0 atom stereocenters. The van der Waals surface area contributed by atoms with E-state index < -0.39 is 16.0 Å². The van der Waals surface area contributed by atoms with Gasteiger partial charge in [0.05, 0.1) is 10.5 Å². The van der Waals surface area contributed by atoms with E-state index in [2.05, 4.69) is 4.72 Å². The van der Waals surface area contributed by atoms with Crippen LogP contribution in [0.4, 0.5) is 0 Å². The van der Waals surface area contributed by atoms with Crippen LogP contribution < -0.4 is 4.72 Å². The molecule has 0 aliphatic carbocycles. The number of hydrogen-bond acceptors (Lipinski definition) is 3. The van der Waals surface area contributed by atoms with Gasteiger partial charge in [-0.3, -0.25) is 0 Å². The molecule has 0 spiro atoms. The summed E-state index contributed by atoms with van der Waals surface area (Å²) in [6.07, 6.45) is 0.465. The van der Waals surface area contributed by atoms with Crippen molar-refractivity contribution in [3.63, 3.8) is 0 Å². The first kappa shape index (κ1) is 16.5. The summed E-state index contributed by atoms with van der Waals surface area (Å²) in [6, 6.07) is 12.2. The summed E-state index contributed by atoms with van der Waals surface area (Å²) in [7, 11) is -3.57. The molecule has 2 aromatic carbocycles. The molecule has 0 bridgehead atoms. The highest BCUT2D eigenvalue weighted by atomic mass is 35.5. The highest BCUT2D eigenvalue weighted by Crippen LogP contribution is 2.14. The quantitative estimate of drug-likeness (QED) is 0.847. The van der Waals surface area contributed by atoms with E-state index in [4.69, 9.17) is 16.7 Å². The number of aromatic carboxylic acids is 1. The van der Waals surface area contributed by atoms with E-state index >= 15 is 0 Å². The summed E-state index contributed by atoms with van der Waals surface area (Å²) >= 11 is 5.72. The summed E-state index contributed by atoms with van der Waals surface area (Å²) in [6.45, 7) is 0.220. The fraction of sp³-hybridized carbons (Fsp3) is 0.133. The number of carboxylic acid groups (broad SMARTS) is 1. The third-order valence-electron chi connectivity index (χ3n) is 3.03. The molecule has 2 aromatic rings. The van der Waals surface area contributed by atoms with E-state index in [1.54, 1.807) is 12.1 Å². The minimum Gasteiger partial charge on any atom is -0.478 e. The van der Waals surface area contributed by atoms with Crippen LogP contribution in [-0.4, -0.2) is 26.0 Å². The first-order valence-corrected chi connectivity index (χ1v) is 8.32. The van der Waals surface area contributed by atoms with Crippen LogP contribution in [0.1, 0.15) is 15.9 Å². The van der Waals surface area contributed by atoms with Gasteiger partial charge in [0.15, 0.2) is 0 Å². The van der Waals surface area contributed by atoms with Gasteiger partial charge in [0.1, 0.15) is 0 Å². The van der Waals surface area contributed by atoms with Crippen LogP contribution in [0.25, 0.3) is 0 Å². The molecule has 0 fully saturated rings. The number of carboxylic acids is 1. The molecule has 2 rings (SSSR count). The van der Waals surface area contributed by atoms with Gasteiger partial charge in [0.2, 0.25) is 10.0 Å². The maximum atomic E-state index is 12.0. The Bertz CT molecular complexity index is 755. The van der Waals surface area contributed by atoms with Crippen LogP contribution in [-0.2, 0) is 16.4 Å². The molecule has 22 heavy (non-hydrogen) atoms. The standard InChI is InChI=1S/C15H14ClNO4S/c16-13-5-7-14(8-6-13)22(20,21)17-10-9-11-1-3-12(4-2-11)15(18)19/h1-8,17H,9-10H2,(H,18,19). The second kappa shape index (κ2) is 6.91. The Kier molecular flexibility index (Phi) is 5.18. The van der Waals surface area contributed by atoms with Gasteiger partial charge in [-0.15, -0.1) is 0 Å². The minimum absolute atomic E-state index is 0.151. The fourth-order valence-electron chi connectivity index (χ4n) is 1.84. The van der Waals surface area contributed by atoms with Crippen LogP contribution in [0, 0.1) is 0 Å². The highest BCUT2D eigenvalue weighted by molar-refractivity contribution is 7.89. The number of benzene rings is 2. The van der Waals surface area contributed by atoms with Crippen molar-refractivity contribution in [1.29, 1.82) is 0 Å². The van der Waals surface area contributed by atoms with Gasteiger partial charge in [-0.1, -0.05) is 23.7 Å². The number of nitrogens with one attached hydrogen (secondary N) is 1. The lowest BCUT2D eigenvalue weighted by Crippen LogP contribution is -2.25. The highest BCUT2D eigenvalue weighted by Gasteiger charge is 2.12. The third-order valence-corrected chi connectivity index (χ3v) is 4.76. The van der Waals surface area contributed by atoms with Gasteiger partial charge in [0.25, 0.3) is 0 Å². The molecule has 0 saturated heterocycles. The average Bonchev–Trinajstić information content (AvgIpc) is 2.48. The average molecular weight is 340 g/mol. The second-order valence-corrected chi connectivity index (χ2v) is 6.81. The molecule has 0 amide bonds. The zero-order chi connectivity index (χ0) is 16.2. The summed E-state index contributed by atoms with van der Waals surface area (Å²) in [5.41, 5.74) is 1.05. The van der Waals surface area contributed by atoms with Crippen molar-refractivity contribution in [3.05, 3.63) is 64.7 Å². The number of hydrogen-bond donors (Lipinski definition) is 2. The van der Waals surface area contributed by atoms with Crippen LogP contribution in [0.2, 0.25) is 5.02 Å². The van der Waals surface area contributed by atoms with E-state index in [1.165, 1.54) is 36.4 Å². The summed E-state index contributed by atoms with van der Waals surface area (Å²) in [4.78, 5) is 10.9. The van der Waals surface area contributed by atoms with Crippen molar-refractivity contribution < 1.29 is 18.3 Å². The molecule has 0 saturated carbocycles. The van der Waals surface area contributed by atoms with Crippen LogP contribution in [0.5, 0.6) is 0 Å². The molecule has 5 nitrogen and oxygen atoms in total. The van der Waals surface area contributed by atoms with Crippen LogP contribution in [0.3, 0.4) is 0 Å². The Labute approximate surface area is 133 Å². The molecule has 0 aliphatic heterocycles. The summed E-state index contributed by atoms with van der Waals surface area (Å²) in [5.74, 6) is -0.991.